The summed E-state index contributed by atoms with van der Waals surface area (Å²) in [5.41, 5.74) is 2.41. The van der Waals surface area contributed by atoms with Crippen LogP contribution in [0.25, 0.3) is 9.88 Å². The standard InChI is InChI=1S/C12H15NOS2/c1-8-5-7-15-11(8)12-13-9(2)10(16-12)4-3-6-14/h5,7,14H,3-4,6H2,1-2H3. The molecule has 0 atom stereocenters. The molecule has 0 aliphatic carbocycles. The van der Waals surface area contributed by atoms with Crippen LogP contribution in [-0.4, -0.2) is 16.7 Å². The number of thiophene rings is 1. The van der Waals surface area contributed by atoms with Crippen LogP contribution in [0.15, 0.2) is 11.4 Å². The van der Waals surface area contributed by atoms with Crippen molar-refractivity contribution in [2.45, 2.75) is 26.7 Å². The van der Waals surface area contributed by atoms with Crippen LogP contribution in [-0.2, 0) is 6.42 Å². The molecule has 2 aromatic heterocycles. The van der Waals surface area contributed by atoms with Crippen LogP contribution in [0.5, 0.6) is 0 Å². The van der Waals surface area contributed by atoms with Gasteiger partial charge in [0.1, 0.15) is 5.01 Å². The van der Waals surface area contributed by atoms with Gasteiger partial charge in [0.15, 0.2) is 0 Å². The maximum atomic E-state index is 8.84. The van der Waals surface area contributed by atoms with Crippen LogP contribution >= 0.6 is 22.7 Å². The van der Waals surface area contributed by atoms with E-state index in [0.717, 1.165) is 23.5 Å². The molecule has 0 fully saturated rings. The van der Waals surface area contributed by atoms with Gasteiger partial charge >= 0.3 is 0 Å². The molecule has 2 aromatic rings. The number of aromatic nitrogens is 1. The smallest absolute Gasteiger partial charge is 0.134 e. The zero-order valence-corrected chi connectivity index (χ0v) is 11.1. The molecule has 2 rings (SSSR count). The van der Waals surface area contributed by atoms with Gasteiger partial charge < -0.3 is 5.11 Å². The topological polar surface area (TPSA) is 33.1 Å². The molecule has 4 heteroatoms. The molecule has 2 heterocycles. The SMILES string of the molecule is Cc1ccsc1-c1nc(C)c(CCCO)s1. The molecule has 0 unspecified atom stereocenters. The average Bonchev–Trinajstić information content (AvgIpc) is 2.82. The van der Waals surface area contributed by atoms with Crippen LogP contribution in [0.2, 0.25) is 0 Å². The van der Waals surface area contributed by atoms with E-state index in [1.165, 1.54) is 15.3 Å². The second-order valence-corrected chi connectivity index (χ2v) is 5.79. The summed E-state index contributed by atoms with van der Waals surface area (Å²) in [6, 6.07) is 2.13. The normalized spacial score (nSPS) is 10.9. The lowest BCUT2D eigenvalue weighted by molar-refractivity contribution is 0.289. The minimum absolute atomic E-state index is 0.255. The Morgan fingerprint density at radius 3 is 2.81 bits per heavy atom. The average molecular weight is 253 g/mol. The molecule has 0 aliphatic rings. The molecule has 1 N–H and O–H groups in total. The summed E-state index contributed by atoms with van der Waals surface area (Å²) in [6.07, 6.45) is 1.76. The minimum Gasteiger partial charge on any atom is -0.396 e. The molecule has 2 nitrogen and oxygen atoms in total. The maximum absolute atomic E-state index is 8.84. The summed E-state index contributed by atoms with van der Waals surface area (Å²) in [5.74, 6) is 0. The lowest BCUT2D eigenvalue weighted by Gasteiger charge is -1.94. The van der Waals surface area contributed by atoms with Crippen molar-refractivity contribution in [2.75, 3.05) is 6.61 Å². The van der Waals surface area contributed by atoms with E-state index in [-0.39, 0.29) is 6.61 Å². The fraction of sp³-hybridized carbons (Fsp3) is 0.417. The second kappa shape index (κ2) is 5.08. The molecular formula is C12H15NOS2. The van der Waals surface area contributed by atoms with Gasteiger partial charge in [-0.25, -0.2) is 4.98 Å². The Morgan fingerprint density at radius 1 is 1.38 bits per heavy atom. The van der Waals surface area contributed by atoms with E-state index in [1.807, 2.05) is 0 Å². The zero-order valence-electron chi connectivity index (χ0n) is 9.49. The van der Waals surface area contributed by atoms with Crippen LogP contribution in [0.3, 0.4) is 0 Å². The van der Waals surface area contributed by atoms with Crippen LogP contribution in [0, 0.1) is 13.8 Å². The van der Waals surface area contributed by atoms with Crippen molar-refractivity contribution in [3.05, 3.63) is 27.6 Å². The third-order valence-corrected chi connectivity index (χ3v) is 4.90. The van der Waals surface area contributed by atoms with Gasteiger partial charge in [0.2, 0.25) is 0 Å². The highest BCUT2D eigenvalue weighted by Crippen LogP contribution is 2.34. The molecule has 0 radical (unpaired) electrons. The van der Waals surface area contributed by atoms with Gasteiger partial charge in [0.25, 0.3) is 0 Å². The highest BCUT2D eigenvalue weighted by molar-refractivity contribution is 7.21. The van der Waals surface area contributed by atoms with Gasteiger partial charge in [0, 0.05) is 11.5 Å². The number of thiazole rings is 1. The molecule has 0 saturated carbocycles. The van der Waals surface area contributed by atoms with Gasteiger partial charge in [-0.15, -0.1) is 22.7 Å². The molecule has 0 amide bonds. The predicted molar refractivity (Wildman–Crippen MR) is 70.3 cm³/mol. The number of hydrogen-bond donors (Lipinski definition) is 1. The lowest BCUT2D eigenvalue weighted by atomic mass is 10.2. The Labute approximate surface area is 104 Å². The summed E-state index contributed by atoms with van der Waals surface area (Å²) >= 11 is 3.51. The van der Waals surface area contributed by atoms with Crippen molar-refractivity contribution >= 4 is 22.7 Å². The Morgan fingerprint density at radius 2 is 2.19 bits per heavy atom. The Hall–Kier alpha value is -0.710. The summed E-state index contributed by atoms with van der Waals surface area (Å²) in [4.78, 5) is 7.20. The first kappa shape index (κ1) is 11.8. The monoisotopic (exact) mass is 253 g/mol. The number of aliphatic hydroxyl groups is 1. The number of aliphatic hydroxyl groups excluding tert-OH is 1. The van der Waals surface area contributed by atoms with Crippen LogP contribution < -0.4 is 0 Å². The molecule has 0 aliphatic heterocycles. The lowest BCUT2D eigenvalue weighted by Crippen LogP contribution is -1.88. The van der Waals surface area contributed by atoms with Crippen molar-refractivity contribution in [3.8, 4) is 9.88 Å². The summed E-state index contributed by atoms with van der Waals surface area (Å²) in [6.45, 7) is 4.43. The number of aryl methyl sites for hydroxylation is 3. The molecule has 16 heavy (non-hydrogen) atoms. The Kier molecular flexibility index (Phi) is 3.74. The van der Waals surface area contributed by atoms with E-state index in [1.54, 1.807) is 22.7 Å². The van der Waals surface area contributed by atoms with E-state index in [0.29, 0.717) is 0 Å². The van der Waals surface area contributed by atoms with Crippen molar-refractivity contribution in [1.29, 1.82) is 0 Å². The number of hydrogen-bond acceptors (Lipinski definition) is 4. The quantitative estimate of drug-likeness (QED) is 0.905. The van der Waals surface area contributed by atoms with Gasteiger partial charge in [-0.1, -0.05) is 0 Å². The van der Waals surface area contributed by atoms with E-state index in [2.05, 4.69) is 30.3 Å². The number of rotatable bonds is 4. The van der Waals surface area contributed by atoms with Crippen molar-refractivity contribution in [1.82, 2.24) is 4.98 Å². The van der Waals surface area contributed by atoms with Crippen molar-refractivity contribution in [3.63, 3.8) is 0 Å². The molecule has 86 valence electrons. The van der Waals surface area contributed by atoms with E-state index in [4.69, 9.17) is 5.11 Å². The maximum Gasteiger partial charge on any atom is 0.134 e. The first-order valence-electron chi connectivity index (χ1n) is 5.34. The molecule has 0 saturated heterocycles. The van der Waals surface area contributed by atoms with E-state index >= 15 is 0 Å². The van der Waals surface area contributed by atoms with Gasteiger partial charge in [-0.3, -0.25) is 0 Å². The zero-order chi connectivity index (χ0) is 11.5. The number of nitrogens with zero attached hydrogens (tertiary/aromatic N) is 1. The summed E-state index contributed by atoms with van der Waals surface area (Å²) < 4.78 is 0. The largest absolute Gasteiger partial charge is 0.396 e. The highest BCUT2D eigenvalue weighted by Gasteiger charge is 2.11. The molecule has 0 bridgehead atoms. The molecule has 0 aromatic carbocycles. The fourth-order valence-electron chi connectivity index (χ4n) is 1.59. The minimum atomic E-state index is 0.255. The van der Waals surface area contributed by atoms with Crippen molar-refractivity contribution < 1.29 is 5.11 Å². The van der Waals surface area contributed by atoms with Crippen LogP contribution in [0.4, 0.5) is 0 Å². The first-order valence-corrected chi connectivity index (χ1v) is 7.03. The third kappa shape index (κ3) is 2.34. The predicted octanol–water partition coefficient (Wildman–Crippen LogP) is 3.41. The third-order valence-electron chi connectivity index (χ3n) is 2.51. The summed E-state index contributed by atoms with van der Waals surface area (Å²) in [5, 5.41) is 12.1. The second-order valence-electron chi connectivity index (χ2n) is 3.79. The van der Waals surface area contributed by atoms with E-state index < -0.39 is 0 Å². The van der Waals surface area contributed by atoms with E-state index in [9.17, 15) is 0 Å². The first-order chi connectivity index (χ1) is 7.72. The van der Waals surface area contributed by atoms with Crippen LogP contribution in [0.1, 0.15) is 22.6 Å². The Balaban J connectivity index is 2.27. The van der Waals surface area contributed by atoms with Gasteiger partial charge in [-0.05, 0) is 43.7 Å². The van der Waals surface area contributed by atoms with Crippen molar-refractivity contribution in [2.24, 2.45) is 0 Å². The Bertz CT molecular complexity index is 473. The summed E-state index contributed by atoms with van der Waals surface area (Å²) in [7, 11) is 0. The fourth-order valence-corrected chi connectivity index (χ4v) is 3.78. The molecule has 0 spiro atoms. The highest BCUT2D eigenvalue weighted by atomic mass is 32.1. The van der Waals surface area contributed by atoms with Gasteiger partial charge in [0.05, 0.1) is 10.6 Å². The molecular weight excluding hydrogens is 238 g/mol. The van der Waals surface area contributed by atoms with Gasteiger partial charge in [-0.2, -0.15) is 0 Å².